The highest BCUT2D eigenvalue weighted by molar-refractivity contribution is 8.00. The van der Waals surface area contributed by atoms with Crippen LogP contribution in [0.25, 0.3) is 0 Å². The molecule has 0 bridgehead atoms. The number of halogens is 1. The van der Waals surface area contributed by atoms with Gasteiger partial charge in [0.1, 0.15) is 0 Å². The molecule has 2 fully saturated rings. The highest BCUT2D eigenvalue weighted by atomic mass is 35.5. The highest BCUT2D eigenvalue weighted by Gasteiger charge is 2.44. The van der Waals surface area contributed by atoms with Gasteiger partial charge in [0.25, 0.3) is 0 Å². The maximum absolute atomic E-state index is 6.17. The van der Waals surface area contributed by atoms with Gasteiger partial charge in [-0.3, -0.25) is 4.99 Å². The third-order valence-corrected chi connectivity index (χ3v) is 7.18. The fourth-order valence-electron chi connectivity index (χ4n) is 3.45. The summed E-state index contributed by atoms with van der Waals surface area (Å²) in [5, 5.41) is 7.87. The quantitative estimate of drug-likeness (QED) is 0.585. The minimum absolute atomic E-state index is 0.207. The van der Waals surface area contributed by atoms with E-state index in [4.69, 9.17) is 16.3 Å². The summed E-state index contributed by atoms with van der Waals surface area (Å²) in [6.45, 7) is 3.52. The summed E-state index contributed by atoms with van der Waals surface area (Å²) >= 11 is 8.11. The topological polar surface area (TPSA) is 45.7 Å². The van der Waals surface area contributed by atoms with Gasteiger partial charge in [-0.15, -0.1) is 0 Å². The molecule has 1 aliphatic carbocycles. The second-order valence-corrected chi connectivity index (χ2v) is 8.78. The summed E-state index contributed by atoms with van der Waals surface area (Å²) in [6, 6.07) is 8.25. The molecule has 0 spiro atoms. The number of nitrogens with zero attached hydrogens (tertiary/aromatic N) is 1. The molecule has 0 radical (unpaired) electrons. The summed E-state index contributed by atoms with van der Waals surface area (Å²) in [6.07, 6.45) is 6.77. The average Bonchev–Trinajstić information content (AvgIpc) is 3.44. The van der Waals surface area contributed by atoms with Gasteiger partial charge < -0.3 is 15.4 Å². The van der Waals surface area contributed by atoms with Crippen molar-refractivity contribution in [3.63, 3.8) is 0 Å². The van der Waals surface area contributed by atoms with Gasteiger partial charge in [0, 0.05) is 48.5 Å². The fourth-order valence-corrected chi connectivity index (χ4v) is 4.43. The standard InChI is InChI=1S/C19H28ClN3OS/c1-21-17(23-14-19(25-2)8-10-24-11-9-19)22-13-18(6-7-18)15-4-3-5-16(20)12-15/h3-5,12H,6-11,13-14H2,1-2H3,(H2,21,22,23). The lowest BCUT2D eigenvalue weighted by Crippen LogP contribution is -2.49. The number of aliphatic imine (C=N–C) groups is 1. The van der Waals surface area contributed by atoms with Gasteiger partial charge in [-0.1, -0.05) is 23.7 Å². The molecule has 6 heteroatoms. The Hall–Kier alpha value is -0.910. The fraction of sp³-hybridized carbons (Fsp3) is 0.632. The van der Waals surface area contributed by atoms with Crippen molar-refractivity contribution in [1.29, 1.82) is 0 Å². The third-order valence-electron chi connectivity index (χ3n) is 5.52. The number of hydrogen-bond acceptors (Lipinski definition) is 3. The number of guanidine groups is 1. The number of ether oxygens (including phenoxy) is 1. The molecule has 25 heavy (non-hydrogen) atoms. The van der Waals surface area contributed by atoms with Crippen molar-refractivity contribution >= 4 is 29.3 Å². The van der Waals surface area contributed by atoms with Crippen LogP contribution in [0.2, 0.25) is 5.02 Å². The Morgan fingerprint density at radius 2 is 1.92 bits per heavy atom. The molecule has 3 rings (SSSR count). The average molecular weight is 382 g/mol. The first-order valence-electron chi connectivity index (χ1n) is 8.95. The van der Waals surface area contributed by atoms with E-state index in [0.717, 1.165) is 50.1 Å². The van der Waals surface area contributed by atoms with Crippen molar-refractivity contribution < 1.29 is 4.74 Å². The molecule has 2 aliphatic rings. The second-order valence-electron chi connectivity index (χ2n) is 7.07. The van der Waals surface area contributed by atoms with Crippen LogP contribution in [0.3, 0.4) is 0 Å². The molecule has 2 N–H and O–H groups in total. The van der Waals surface area contributed by atoms with Gasteiger partial charge in [-0.25, -0.2) is 0 Å². The Kier molecular flexibility index (Phi) is 6.18. The van der Waals surface area contributed by atoms with Crippen LogP contribution in [-0.4, -0.2) is 50.3 Å². The van der Waals surface area contributed by atoms with E-state index in [9.17, 15) is 0 Å². The molecule has 138 valence electrons. The van der Waals surface area contributed by atoms with Crippen LogP contribution in [0.1, 0.15) is 31.2 Å². The van der Waals surface area contributed by atoms with Gasteiger partial charge in [-0.2, -0.15) is 11.8 Å². The molecule has 1 aromatic rings. The van der Waals surface area contributed by atoms with Crippen LogP contribution in [-0.2, 0) is 10.2 Å². The maximum atomic E-state index is 6.17. The number of rotatable bonds is 6. The molecular weight excluding hydrogens is 354 g/mol. The molecule has 0 amide bonds. The van der Waals surface area contributed by atoms with E-state index in [1.54, 1.807) is 0 Å². The first-order chi connectivity index (χ1) is 12.1. The highest BCUT2D eigenvalue weighted by Crippen LogP contribution is 2.48. The van der Waals surface area contributed by atoms with Crippen molar-refractivity contribution in [1.82, 2.24) is 10.6 Å². The van der Waals surface area contributed by atoms with Gasteiger partial charge >= 0.3 is 0 Å². The van der Waals surface area contributed by atoms with Crippen LogP contribution in [0.15, 0.2) is 29.3 Å². The Labute approximate surface area is 160 Å². The van der Waals surface area contributed by atoms with Crippen molar-refractivity contribution in [2.24, 2.45) is 4.99 Å². The van der Waals surface area contributed by atoms with Crippen LogP contribution in [0.5, 0.6) is 0 Å². The minimum Gasteiger partial charge on any atom is -0.381 e. The summed E-state index contributed by atoms with van der Waals surface area (Å²) in [5.41, 5.74) is 1.53. The molecule has 0 unspecified atom stereocenters. The largest absolute Gasteiger partial charge is 0.381 e. The zero-order valence-corrected chi connectivity index (χ0v) is 16.7. The number of nitrogens with one attached hydrogen (secondary N) is 2. The Balaban J connectivity index is 1.54. The van der Waals surface area contributed by atoms with Gasteiger partial charge in [0.2, 0.25) is 0 Å². The lowest BCUT2D eigenvalue weighted by Gasteiger charge is -2.36. The molecule has 1 aromatic carbocycles. The van der Waals surface area contributed by atoms with E-state index in [1.807, 2.05) is 30.9 Å². The molecule has 1 saturated heterocycles. The zero-order valence-electron chi connectivity index (χ0n) is 15.1. The predicted molar refractivity (Wildman–Crippen MR) is 108 cm³/mol. The Morgan fingerprint density at radius 1 is 1.20 bits per heavy atom. The SMILES string of the molecule is CN=C(NCC1(SC)CCOCC1)NCC1(c2cccc(Cl)c2)CC1. The van der Waals surface area contributed by atoms with E-state index >= 15 is 0 Å². The number of thioether (sulfide) groups is 1. The summed E-state index contributed by atoms with van der Waals surface area (Å²) in [7, 11) is 1.84. The third kappa shape index (κ3) is 4.63. The monoisotopic (exact) mass is 381 g/mol. The van der Waals surface area contributed by atoms with E-state index < -0.39 is 0 Å². The second kappa shape index (κ2) is 8.19. The molecule has 4 nitrogen and oxygen atoms in total. The van der Waals surface area contributed by atoms with Gasteiger partial charge in [0.05, 0.1) is 0 Å². The summed E-state index contributed by atoms with van der Waals surface area (Å²) in [5.74, 6) is 0.883. The van der Waals surface area contributed by atoms with Crippen molar-refractivity contribution in [3.05, 3.63) is 34.9 Å². The zero-order chi connectivity index (χ0) is 17.8. The normalized spacial score (nSPS) is 21.6. The number of benzene rings is 1. The lowest BCUT2D eigenvalue weighted by molar-refractivity contribution is 0.0783. The van der Waals surface area contributed by atoms with Crippen molar-refractivity contribution in [2.75, 3.05) is 39.6 Å². The van der Waals surface area contributed by atoms with Crippen LogP contribution >= 0.6 is 23.4 Å². The summed E-state index contributed by atoms with van der Waals surface area (Å²) < 4.78 is 5.77. The molecule has 1 heterocycles. The molecule has 1 saturated carbocycles. The van der Waals surface area contributed by atoms with Gasteiger partial charge in [-0.05, 0) is 49.6 Å². The van der Waals surface area contributed by atoms with E-state index in [2.05, 4.69) is 34.0 Å². The van der Waals surface area contributed by atoms with Crippen LogP contribution in [0, 0.1) is 0 Å². The van der Waals surface area contributed by atoms with E-state index in [1.165, 1.54) is 18.4 Å². The van der Waals surface area contributed by atoms with Crippen LogP contribution < -0.4 is 10.6 Å². The smallest absolute Gasteiger partial charge is 0.191 e. The first kappa shape index (κ1) is 18.9. The minimum atomic E-state index is 0.207. The predicted octanol–water partition coefficient (Wildman–Crippen LogP) is 3.45. The number of hydrogen-bond donors (Lipinski definition) is 2. The van der Waals surface area contributed by atoms with Crippen molar-refractivity contribution in [3.8, 4) is 0 Å². The van der Waals surface area contributed by atoms with E-state index in [0.29, 0.717) is 0 Å². The lowest BCUT2D eigenvalue weighted by atomic mass is 9.96. The van der Waals surface area contributed by atoms with Gasteiger partial charge in [0.15, 0.2) is 5.96 Å². The Morgan fingerprint density at radius 3 is 2.52 bits per heavy atom. The molecular formula is C19H28ClN3OS. The maximum Gasteiger partial charge on any atom is 0.191 e. The molecule has 0 aromatic heterocycles. The first-order valence-corrected chi connectivity index (χ1v) is 10.6. The van der Waals surface area contributed by atoms with Crippen molar-refractivity contribution in [2.45, 2.75) is 35.8 Å². The Bertz CT molecular complexity index is 612. The molecule has 0 atom stereocenters. The summed E-state index contributed by atoms with van der Waals surface area (Å²) in [4.78, 5) is 4.41. The molecule has 1 aliphatic heterocycles. The van der Waals surface area contributed by atoms with Crippen LogP contribution in [0.4, 0.5) is 0 Å². The van der Waals surface area contributed by atoms with E-state index in [-0.39, 0.29) is 10.2 Å².